The summed E-state index contributed by atoms with van der Waals surface area (Å²) in [6.45, 7) is 4.31. The van der Waals surface area contributed by atoms with Gasteiger partial charge in [0.2, 0.25) is 5.91 Å². The number of hydrogen-bond acceptors (Lipinski definition) is 3. The van der Waals surface area contributed by atoms with E-state index in [1.54, 1.807) is 7.11 Å². The standard InChI is InChI=1S/C16H21ClN2O2/c1-21-7-6-16(20)19-10-13-9-18(15(13)11-19)8-12-2-4-14(17)5-3-12/h2-5,13,15H,6-11H2,1H3/t13-,15-/m1/s1. The molecule has 114 valence electrons. The second kappa shape index (κ2) is 6.34. The van der Waals surface area contributed by atoms with E-state index >= 15 is 0 Å². The van der Waals surface area contributed by atoms with E-state index in [1.165, 1.54) is 5.56 Å². The first-order valence-corrected chi connectivity index (χ1v) is 7.80. The third-order valence-electron chi connectivity index (χ3n) is 4.52. The third kappa shape index (κ3) is 3.23. The molecule has 5 heteroatoms. The molecule has 0 bridgehead atoms. The molecular weight excluding hydrogens is 288 g/mol. The maximum Gasteiger partial charge on any atom is 0.224 e. The summed E-state index contributed by atoms with van der Waals surface area (Å²) in [5, 5.41) is 0.774. The molecule has 0 spiro atoms. The first-order chi connectivity index (χ1) is 10.2. The number of ether oxygens (including phenoxy) is 1. The summed E-state index contributed by atoms with van der Waals surface area (Å²) in [5.74, 6) is 0.862. The number of likely N-dealkylation sites (tertiary alicyclic amines) is 2. The van der Waals surface area contributed by atoms with Gasteiger partial charge in [-0.3, -0.25) is 9.69 Å². The number of fused-ring (bicyclic) bond motifs is 1. The average molecular weight is 309 g/mol. The molecule has 0 radical (unpaired) electrons. The molecule has 2 saturated heterocycles. The molecule has 1 amide bonds. The van der Waals surface area contributed by atoms with E-state index in [0.29, 0.717) is 25.0 Å². The topological polar surface area (TPSA) is 32.8 Å². The third-order valence-corrected chi connectivity index (χ3v) is 4.77. The Morgan fingerprint density at radius 1 is 1.29 bits per heavy atom. The Bertz CT molecular complexity index is 506. The van der Waals surface area contributed by atoms with Crippen molar-refractivity contribution in [3.63, 3.8) is 0 Å². The Morgan fingerprint density at radius 3 is 2.76 bits per heavy atom. The lowest BCUT2D eigenvalue weighted by Gasteiger charge is -2.43. The summed E-state index contributed by atoms with van der Waals surface area (Å²) >= 11 is 5.91. The highest BCUT2D eigenvalue weighted by Gasteiger charge is 2.46. The van der Waals surface area contributed by atoms with Gasteiger partial charge in [-0.2, -0.15) is 0 Å². The van der Waals surface area contributed by atoms with Crippen LogP contribution in [0.2, 0.25) is 5.02 Å². The van der Waals surface area contributed by atoms with Crippen molar-refractivity contribution < 1.29 is 9.53 Å². The van der Waals surface area contributed by atoms with E-state index in [9.17, 15) is 4.79 Å². The molecule has 2 aliphatic rings. The van der Waals surface area contributed by atoms with E-state index in [0.717, 1.165) is 31.2 Å². The molecule has 4 nitrogen and oxygen atoms in total. The Kier molecular flexibility index (Phi) is 4.48. The number of benzene rings is 1. The van der Waals surface area contributed by atoms with Crippen LogP contribution in [0.3, 0.4) is 0 Å². The zero-order valence-electron chi connectivity index (χ0n) is 12.3. The van der Waals surface area contributed by atoms with E-state index in [1.807, 2.05) is 17.0 Å². The lowest BCUT2D eigenvalue weighted by Crippen LogP contribution is -2.54. The maximum atomic E-state index is 12.0. The highest BCUT2D eigenvalue weighted by molar-refractivity contribution is 6.30. The van der Waals surface area contributed by atoms with E-state index in [-0.39, 0.29) is 5.91 Å². The lowest BCUT2D eigenvalue weighted by atomic mass is 9.91. The first-order valence-electron chi connectivity index (χ1n) is 7.42. The fourth-order valence-electron chi connectivity index (χ4n) is 3.30. The Hall–Kier alpha value is -1.10. The van der Waals surface area contributed by atoms with Crippen molar-refractivity contribution in [3.05, 3.63) is 34.9 Å². The van der Waals surface area contributed by atoms with Crippen LogP contribution in [0.1, 0.15) is 12.0 Å². The fraction of sp³-hybridized carbons (Fsp3) is 0.562. The minimum Gasteiger partial charge on any atom is -0.384 e. The molecule has 21 heavy (non-hydrogen) atoms. The number of hydrogen-bond donors (Lipinski definition) is 0. The van der Waals surface area contributed by atoms with E-state index in [4.69, 9.17) is 16.3 Å². The van der Waals surface area contributed by atoms with Gasteiger partial charge in [0.1, 0.15) is 0 Å². The number of carbonyl (C=O) groups excluding carboxylic acids is 1. The molecule has 2 heterocycles. The van der Waals surface area contributed by atoms with Crippen molar-refractivity contribution in [2.75, 3.05) is 33.4 Å². The van der Waals surface area contributed by atoms with Crippen molar-refractivity contribution in [3.8, 4) is 0 Å². The fourth-order valence-corrected chi connectivity index (χ4v) is 3.43. The monoisotopic (exact) mass is 308 g/mol. The van der Waals surface area contributed by atoms with Crippen LogP contribution >= 0.6 is 11.6 Å². The minimum absolute atomic E-state index is 0.220. The molecule has 2 atom stereocenters. The van der Waals surface area contributed by atoms with Crippen LogP contribution in [-0.4, -0.2) is 55.1 Å². The van der Waals surface area contributed by atoms with Gasteiger partial charge in [-0.1, -0.05) is 23.7 Å². The lowest BCUT2D eigenvalue weighted by molar-refractivity contribution is -0.131. The quantitative estimate of drug-likeness (QED) is 0.834. The predicted molar refractivity (Wildman–Crippen MR) is 82.2 cm³/mol. The van der Waals surface area contributed by atoms with Crippen LogP contribution in [0.5, 0.6) is 0 Å². The predicted octanol–water partition coefficient (Wildman–Crippen LogP) is 2.02. The molecular formula is C16H21ClN2O2. The number of amides is 1. The molecule has 0 saturated carbocycles. The SMILES string of the molecule is COCCC(=O)N1C[C@H]2CN(Cc3ccc(Cl)cc3)[C@@H]2C1. The van der Waals surface area contributed by atoms with Gasteiger partial charge in [0.15, 0.2) is 0 Å². The Labute approximate surface area is 130 Å². The molecule has 2 aliphatic heterocycles. The van der Waals surface area contributed by atoms with Crippen molar-refractivity contribution in [2.24, 2.45) is 5.92 Å². The average Bonchev–Trinajstić information content (AvgIpc) is 2.82. The number of nitrogens with zero attached hydrogens (tertiary/aromatic N) is 2. The van der Waals surface area contributed by atoms with Gasteiger partial charge in [0.25, 0.3) is 0 Å². The van der Waals surface area contributed by atoms with Gasteiger partial charge < -0.3 is 9.64 Å². The van der Waals surface area contributed by atoms with E-state index < -0.39 is 0 Å². The van der Waals surface area contributed by atoms with E-state index in [2.05, 4.69) is 17.0 Å². The largest absolute Gasteiger partial charge is 0.384 e. The molecule has 1 aromatic carbocycles. The molecule has 0 unspecified atom stereocenters. The Balaban J connectivity index is 1.52. The smallest absolute Gasteiger partial charge is 0.224 e. The highest BCUT2D eigenvalue weighted by Crippen LogP contribution is 2.33. The molecule has 3 rings (SSSR count). The van der Waals surface area contributed by atoms with Crippen LogP contribution in [-0.2, 0) is 16.1 Å². The van der Waals surface area contributed by atoms with Gasteiger partial charge in [-0.05, 0) is 17.7 Å². The van der Waals surface area contributed by atoms with Crippen LogP contribution in [0.15, 0.2) is 24.3 Å². The summed E-state index contributed by atoms with van der Waals surface area (Å²) in [6, 6.07) is 8.54. The van der Waals surface area contributed by atoms with Crippen molar-refractivity contribution in [1.82, 2.24) is 9.80 Å². The van der Waals surface area contributed by atoms with Crippen LogP contribution < -0.4 is 0 Å². The van der Waals surface area contributed by atoms with Crippen molar-refractivity contribution >= 4 is 17.5 Å². The molecule has 2 fully saturated rings. The summed E-state index contributed by atoms with van der Waals surface area (Å²) in [5.41, 5.74) is 1.28. The number of carbonyl (C=O) groups is 1. The van der Waals surface area contributed by atoms with Crippen molar-refractivity contribution in [1.29, 1.82) is 0 Å². The summed E-state index contributed by atoms with van der Waals surface area (Å²) in [7, 11) is 1.63. The second-order valence-electron chi connectivity index (χ2n) is 5.92. The summed E-state index contributed by atoms with van der Waals surface area (Å²) in [4.78, 5) is 16.5. The van der Waals surface area contributed by atoms with Gasteiger partial charge in [-0.25, -0.2) is 0 Å². The minimum atomic E-state index is 0.220. The number of rotatable bonds is 5. The number of methoxy groups -OCH3 is 1. The Morgan fingerprint density at radius 2 is 2.05 bits per heavy atom. The number of halogens is 1. The molecule has 0 aliphatic carbocycles. The molecule has 0 N–H and O–H groups in total. The summed E-state index contributed by atoms with van der Waals surface area (Å²) in [6.07, 6.45) is 0.493. The van der Waals surface area contributed by atoms with Gasteiger partial charge >= 0.3 is 0 Å². The molecule has 0 aromatic heterocycles. The van der Waals surface area contributed by atoms with Crippen LogP contribution in [0.4, 0.5) is 0 Å². The van der Waals surface area contributed by atoms with Gasteiger partial charge in [0, 0.05) is 50.3 Å². The second-order valence-corrected chi connectivity index (χ2v) is 6.36. The van der Waals surface area contributed by atoms with Crippen molar-refractivity contribution in [2.45, 2.75) is 19.0 Å². The van der Waals surface area contributed by atoms with Crippen LogP contribution in [0.25, 0.3) is 0 Å². The van der Waals surface area contributed by atoms with Gasteiger partial charge in [0.05, 0.1) is 13.0 Å². The summed E-state index contributed by atoms with van der Waals surface area (Å²) < 4.78 is 4.98. The van der Waals surface area contributed by atoms with Crippen LogP contribution in [0, 0.1) is 5.92 Å². The maximum absolute atomic E-state index is 12.0. The highest BCUT2D eigenvalue weighted by atomic mass is 35.5. The normalized spacial score (nSPS) is 24.8. The zero-order valence-corrected chi connectivity index (χ0v) is 13.1. The molecule has 1 aromatic rings. The first kappa shape index (κ1) is 14.8. The zero-order chi connectivity index (χ0) is 14.8. The van der Waals surface area contributed by atoms with Gasteiger partial charge in [-0.15, -0.1) is 0 Å².